The number of anilines is 1. The van der Waals surface area contributed by atoms with E-state index in [1.807, 2.05) is 19.1 Å². The zero-order chi connectivity index (χ0) is 23.6. The molecule has 0 aliphatic heterocycles. The van der Waals surface area contributed by atoms with Gasteiger partial charge in [-0.05, 0) is 54.7 Å². The molecular formula is C25H31N3O3S2. The van der Waals surface area contributed by atoms with Gasteiger partial charge in [0.25, 0.3) is 5.91 Å². The second-order valence-electron chi connectivity index (χ2n) is 8.85. The molecule has 33 heavy (non-hydrogen) atoms. The van der Waals surface area contributed by atoms with Crippen molar-refractivity contribution in [2.45, 2.75) is 69.7 Å². The number of para-hydroxylation sites is 1. The number of fused-ring (bicyclic) bond motifs is 1. The molecule has 1 N–H and O–H groups in total. The lowest BCUT2D eigenvalue weighted by molar-refractivity contribution is 0.102. The third-order valence-corrected chi connectivity index (χ3v) is 9.29. The number of hydrogen-bond donors (Lipinski definition) is 1. The SMILES string of the molecule is CCN(C1CCCCC1)S(=O)(=O)c1ccc(C(=O)Nc2nc3c(C(C)C)cccc3s2)cc1. The van der Waals surface area contributed by atoms with E-state index < -0.39 is 10.0 Å². The van der Waals surface area contributed by atoms with Gasteiger partial charge in [-0.1, -0.05) is 63.5 Å². The van der Waals surface area contributed by atoms with Gasteiger partial charge in [-0.3, -0.25) is 10.1 Å². The van der Waals surface area contributed by atoms with Gasteiger partial charge in [-0.2, -0.15) is 4.31 Å². The van der Waals surface area contributed by atoms with E-state index in [-0.39, 0.29) is 16.8 Å². The monoisotopic (exact) mass is 485 g/mol. The van der Waals surface area contributed by atoms with Crippen LogP contribution in [0, 0.1) is 0 Å². The fraction of sp³-hybridized carbons (Fsp3) is 0.440. The lowest BCUT2D eigenvalue weighted by atomic mass is 9.95. The van der Waals surface area contributed by atoms with Gasteiger partial charge in [0, 0.05) is 18.2 Å². The van der Waals surface area contributed by atoms with Gasteiger partial charge < -0.3 is 0 Å². The second kappa shape index (κ2) is 9.91. The summed E-state index contributed by atoms with van der Waals surface area (Å²) >= 11 is 1.44. The van der Waals surface area contributed by atoms with Crippen LogP contribution in [0.25, 0.3) is 10.2 Å². The standard InChI is InChI=1S/C25H31N3O3S2/c1-4-28(19-9-6-5-7-10-19)33(30,31)20-15-13-18(14-16-20)24(29)27-25-26-23-21(17(2)3)11-8-12-22(23)32-25/h8,11-17,19H,4-7,9-10H2,1-3H3,(H,26,27,29). The van der Waals surface area contributed by atoms with Crippen LogP contribution in [0.3, 0.4) is 0 Å². The minimum Gasteiger partial charge on any atom is -0.298 e. The summed E-state index contributed by atoms with van der Waals surface area (Å²) in [7, 11) is -3.59. The van der Waals surface area contributed by atoms with Gasteiger partial charge in [-0.25, -0.2) is 13.4 Å². The van der Waals surface area contributed by atoms with Gasteiger partial charge in [0.05, 0.1) is 15.1 Å². The van der Waals surface area contributed by atoms with Gasteiger partial charge in [0.2, 0.25) is 10.0 Å². The van der Waals surface area contributed by atoms with Crippen LogP contribution in [0.4, 0.5) is 5.13 Å². The maximum absolute atomic E-state index is 13.2. The summed E-state index contributed by atoms with van der Waals surface area (Å²) in [6.45, 7) is 6.58. The first kappa shape index (κ1) is 23.9. The van der Waals surface area contributed by atoms with Crippen molar-refractivity contribution in [1.29, 1.82) is 0 Å². The van der Waals surface area contributed by atoms with E-state index in [9.17, 15) is 13.2 Å². The zero-order valence-electron chi connectivity index (χ0n) is 19.4. The van der Waals surface area contributed by atoms with Crippen molar-refractivity contribution in [3.05, 3.63) is 53.6 Å². The highest BCUT2D eigenvalue weighted by Crippen LogP contribution is 2.32. The molecule has 2 aromatic carbocycles. The molecule has 3 aromatic rings. The number of aromatic nitrogens is 1. The summed E-state index contributed by atoms with van der Waals surface area (Å²) < 4.78 is 29.1. The van der Waals surface area contributed by atoms with E-state index in [0.717, 1.165) is 41.5 Å². The van der Waals surface area contributed by atoms with Crippen molar-refractivity contribution in [3.63, 3.8) is 0 Å². The van der Waals surface area contributed by atoms with E-state index in [1.165, 1.54) is 29.9 Å². The van der Waals surface area contributed by atoms with Crippen molar-refractivity contribution in [2.75, 3.05) is 11.9 Å². The number of carbonyl (C=O) groups excluding carboxylic acids is 1. The average molecular weight is 486 g/mol. The van der Waals surface area contributed by atoms with Crippen LogP contribution in [0.15, 0.2) is 47.4 Å². The molecule has 0 radical (unpaired) electrons. The summed E-state index contributed by atoms with van der Waals surface area (Å²) in [4.78, 5) is 17.7. The highest BCUT2D eigenvalue weighted by Gasteiger charge is 2.31. The number of hydrogen-bond acceptors (Lipinski definition) is 5. The van der Waals surface area contributed by atoms with Crippen LogP contribution in [-0.4, -0.2) is 36.2 Å². The predicted molar refractivity (Wildman–Crippen MR) is 135 cm³/mol. The van der Waals surface area contributed by atoms with Gasteiger partial charge in [-0.15, -0.1) is 0 Å². The topological polar surface area (TPSA) is 79.4 Å². The first-order chi connectivity index (χ1) is 15.8. The Labute approximate surface area is 200 Å². The van der Waals surface area contributed by atoms with E-state index in [1.54, 1.807) is 16.4 Å². The number of carbonyl (C=O) groups is 1. The normalized spacial score (nSPS) is 15.4. The Morgan fingerprint density at radius 1 is 1.12 bits per heavy atom. The molecular weight excluding hydrogens is 454 g/mol. The molecule has 4 rings (SSSR count). The Hall–Kier alpha value is -2.29. The van der Waals surface area contributed by atoms with Crippen molar-refractivity contribution >= 4 is 42.6 Å². The first-order valence-electron chi connectivity index (χ1n) is 11.6. The minimum atomic E-state index is -3.59. The average Bonchev–Trinajstić information content (AvgIpc) is 3.22. The third kappa shape index (κ3) is 4.98. The van der Waals surface area contributed by atoms with Crippen molar-refractivity contribution in [3.8, 4) is 0 Å². The van der Waals surface area contributed by atoms with Crippen molar-refractivity contribution < 1.29 is 13.2 Å². The second-order valence-corrected chi connectivity index (χ2v) is 11.8. The van der Waals surface area contributed by atoms with E-state index in [0.29, 0.717) is 23.2 Å². The molecule has 1 aromatic heterocycles. The van der Waals surface area contributed by atoms with E-state index >= 15 is 0 Å². The maximum Gasteiger partial charge on any atom is 0.257 e. The highest BCUT2D eigenvalue weighted by atomic mass is 32.2. The lowest BCUT2D eigenvalue weighted by Crippen LogP contribution is -2.41. The van der Waals surface area contributed by atoms with Crippen LogP contribution in [0.1, 0.15) is 74.7 Å². The van der Waals surface area contributed by atoms with Crippen LogP contribution >= 0.6 is 11.3 Å². The molecule has 176 valence electrons. The first-order valence-corrected chi connectivity index (χ1v) is 13.9. The molecule has 1 saturated carbocycles. The van der Waals surface area contributed by atoms with Crippen LogP contribution < -0.4 is 5.32 Å². The molecule has 1 amide bonds. The maximum atomic E-state index is 13.2. The minimum absolute atomic E-state index is 0.0616. The molecule has 8 heteroatoms. The van der Waals surface area contributed by atoms with Gasteiger partial charge >= 0.3 is 0 Å². The molecule has 0 atom stereocenters. The largest absolute Gasteiger partial charge is 0.298 e. The zero-order valence-corrected chi connectivity index (χ0v) is 21.0. The molecule has 1 aliphatic rings. The summed E-state index contributed by atoms with van der Waals surface area (Å²) in [6, 6.07) is 12.3. The fourth-order valence-corrected chi connectivity index (χ4v) is 7.16. The van der Waals surface area contributed by atoms with Crippen LogP contribution in [-0.2, 0) is 10.0 Å². The quantitative estimate of drug-likeness (QED) is 0.444. The molecule has 1 aliphatic carbocycles. The third-order valence-electron chi connectivity index (χ3n) is 6.31. The number of nitrogens with one attached hydrogen (secondary N) is 1. The molecule has 1 fully saturated rings. The summed E-state index contributed by atoms with van der Waals surface area (Å²) in [6.07, 6.45) is 5.13. The summed E-state index contributed by atoms with van der Waals surface area (Å²) in [5.41, 5.74) is 2.46. The molecule has 0 saturated heterocycles. The Kier molecular flexibility index (Phi) is 7.16. The van der Waals surface area contributed by atoms with Gasteiger partial charge in [0.1, 0.15) is 0 Å². The van der Waals surface area contributed by atoms with Crippen molar-refractivity contribution in [2.24, 2.45) is 0 Å². The van der Waals surface area contributed by atoms with Crippen LogP contribution in [0.2, 0.25) is 0 Å². The number of benzene rings is 2. The predicted octanol–water partition coefficient (Wildman–Crippen LogP) is 6.02. The molecule has 6 nitrogen and oxygen atoms in total. The van der Waals surface area contributed by atoms with Crippen molar-refractivity contribution in [1.82, 2.24) is 9.29 Å². The number of rotatable bonds is 7. The molecule has 0 spiro atoms. The Bertz CT molecular complexity index is 1230. The highest BCUT2D eigenvalue weighted by molar-refractivity contribution is 7.89. The Morgan fingerprint density at radius 3 is 2.45 bits per heavy atom. The fourth-order valence-electron chi connectivity index (χ4n) is 4.57. The van der Waals surface area contributed by atoms with E-state index in [4.69, 9.17) is 0 Å². The Balaban J connectivity index is 1.51. The van der Waals surface area contributed by atoms with E-state index in [2.05, 4.69) is 30.2 Å². The lowest BCUT2D eigenvalue weighted by Gasteiger charge is -2.32. The number of nitrogens with zero attached hydrogens (tertiary/aromatic N) is 2. The summed E-state index contributed by atoms with van der Waals surface area (Å²) in [5.74, 6) is 0.0360. The molecule has 0 unspecified atom stereocenters. The Morgan fingerprint density at radius 2 is 1.82 bits per heavy atom. The smallest absolute Gasteiger partial charge is 0.257 e. The molecule has 0 bridgehead atoms. The van der Waals surface area contributed by atoms with Gasteiger partial charge in [0.15, 0.2) is 5.13 Å². The van der Waals surface area contributed by atoms with Crippen LogP contribution in [0.5, 0.6) is 0 Å². The molecule has 1 heterocycles. The summed E-state index contributed by atoms with van der Waals surface area (Å²) in [5, 5.41) is 3.40. The number of amides is 1. The number of thiazole rings is 1. The number of sulfonamides is 1.